The van der Waals surface area contributed by atoms with E-state index in [1.807, 2.05) is 18.2 Å². The zero-order chi connectivity index (χ0) is 14.3. The molecule has 2 N–H and O–H groups in total. The molecule has 2 heterocycles. The summed E-state index contributed by atoms with van der Waals surface area (Å²) in [7, 11) is 0. The second-order valence-corrected chi connectivity index (χ2v) is 5.83. The monoisotopic (exact) mass is 336 g/mol. The summed E-state index contributed by atoms with van der Waals surface area (Å²) < 4.78 is 0.926. The summed E-state index contributed by atoms with van der Waals surface area (Å²) in [5, 5.41) is 10.1. The third-order valence-corrected chi connectivity index (χ3v) is 4.11. The van der Waals surface area contributed by atoms with Gasteiger partial charge in [0.2, 0.25) is 0 Å². The Balaban J connectivity index is 1.94. The van der Waals surface area contributed by atoms with E-state index in [0.29, 0.717) is 18.7 Å². The molecule has 0 saturated carbocycles. The standard InChI is InChI=1S/C14H13BrN2O3/c15-9-4-3-8-6-11(16-10(8)7-9)13(18)17-5-1-2-12(17)14(19)20/h3-4,6-7,12,16H,1-2,5H2,(H,19,20)/t12-/m0/s1. The van der Waals surface area contributed by atoms with Crippen LogP contribution in [0.4, 0.5) is 0 Å². The van der Waals surface area contributed by atoms with Crippen molar-refractivity contribution < 1.29 is 14.7 Å². The van der Waals surface area contributed by atoms with Crippen LogP contribution in [0.25, 0.3) is 10.9 Å². The van der Waals surface area contributed by atoms with Crippen LogP contribution in [-0.4, -0.2) is 39.5 Å². The van der Waals surface area contributed by atoms with Crippen molar-refractivity contribution in [1.29, 1.82) is 0 Å². The van der Waals surface area contributed by atoms with Crippen LogP contribution < -0.4 is 0 Å². The molecule has 0 radical (unpaired) electrons. The molecule has 1 saturated heterocycles. The van der Waals surface area contributed by atoms with Gasteiger partial charge >= 0.3 is 5.97 Å². The van der Waals surface area contributed by atoms with Crippen molar-refractivity contribution in [2.75, 3.05) is 6.54 Å². The number of aromatic nitrogens is 1. The van der Waals surface area contributed by atoms with Gasteiger partial charge in [-0.1, -0.05) is 22.0 Å². The lowest BCUT2D eigenvalue weighted by atomic mass is 10.2. The number of carboxylic acids is 1. The molecule has 3 rings (SSSR count). The summed E-state index contributed by atoms with van der Waals surface area (Å²) >= 11 is 3.38. The first-order valence-corrected chi connectivity index (χ1v) is 7.17. The quantitative estimate of drug-likeness (QED) is 0.885. The number of nitrogens with zero attached hydrogens (tertiary/aromatic N) is 1. The third kappa shape index (κ3) is 2.20. The van der Waals surface area contributed by atoms with Gasteiger partial charge < -0.3 is 15.0 Å². The number of hydrogen-bond donors (Lipinski definition) is 2. The molecule has 20 heavy (non-hydrogen) atoms. The smallest absolute Gasteiger partial charge is 0.326 e. The predicted molar refractivity (Wildman–Crippen MR) is 77.7 cm³/mol. The maximum absolute atomic E-state index is 12.4. The summed E-state index contributed by atoms with van der Waals surface area (Å²) in [6.45, 7) is 0.495. The Hall–Kier alpha value is -1.82. The number of amides is 1. The SMILES string of the molecule is O=C(O)[C@@H]1CCCN1C(=O)c1cc2ccc(Br)cc2[nH]1. The van der Waals surface area contributed by atoms with Crippen LogP contribution in [0.15, 0.2) is 28.7 Å². The van der Waals surface area contributed by atoms with Crippen LogP contribution in [0.2, 0.25) is 0 Å². The number of nitrogens with one attached hydrogen (secondary N) is 1. The number of carboxylic acid groups (broad SMARTS) is 1. The number of rotatable bonds is 2. The number of aromatic amines is 1. The van der Waals surface area contributed by atoms with Crippen molar-refractivity contribution in [3.8, 4) is 0 Å². The fourth-order valence-corrected chi connectivity index (χ4v) is 3.00. The topological polar surface area (TPSA) is 73.4 Å². The minimum absolute atomic E-state index is 0.248. The van der Waals surface area contributed by atoms with E-state index in [9.17, 15) is 9.59 Å². The summed E-state index contributed by atoms with van der Waals surface area (Å²) in [4.78, 5) is 28.1. The van der Waals surface area contributed by atoms with E-state index in [-0.39, 0.29) is 5.91 Å². The second-order valence-electron chi connectivity index (χ2n) is 4.91. The number of H-pyrrole nitrogens is 1. The second kappa shape index (κ2) is 4.94. The molecule has 1 aliphatic heterocycles. The summed E-state index contributed by atoms with van der Waals surface area (Å²) in [5.74, 6) is -1.18. The molecule has 1 aromatic heterocycles. The first-order chi connectivity index (χ1) is 9.56. The lowest BCUT2D eigenvalue weighted by molar-refractivity contribution is -0.141. The Morgan fingerprint density at radius 3 is 2.90 bits per heavy atom. The Morgan fingerprint density at radius 1 is 1.35 bits per heavy atom. The van der Waals surface area contributed by atoms with Crippen molar-refractivity contribution in [2.45, 2.75) is 18.9 Å². The molecule has 5 nitrogen and oxygen atoms in total. The van der Waals surface area contributed by atoms with Crippen LogP contribution in [0.1, 0.15) is 23.3 Å². The minimum Gasteiger partial charge on any atom is -0.480 e. The van der Waals surface area contributed by atoms with Gasteiger partial charge in [-0.15, -0.1) is 0 Å². The van der Waals surface area contributed by atoms with Crippen molar-refractivity contribution in [3.63, 3.8) is 0 Å². The molecule has 1 atom stereocenters. The lowest BCUT2D eigenvalue weighted by Crippen LogP contribution is -2.40. The van der Waals surface area contributed by atoms with E-state index in [4.69, 9.17) is 5.11 Å². The molecule has 1 amide bonds. The van der Waals surface area contributed by atoms with E-state index in [1.54, 1.807) is 6.07 Å². The molecule has 6 heteroatoms. The maximum atomic E-state index is 12.4. The highest BCUT2D eigenvalue weighted by atomic mass is 79.9. The van der Waals surface area contributed by atoms with Gasteiger partial charge in [0.25, 0.3) is 5.91 Å². The highest BCUT2D eigenvalue weighted by Crippen LogP contribution is 2.24. The van der Waals surface area contributed by atoms with Gasteiger partial charge in [0.15, 0.2) is 0 Å². The minimum atomic E-state index is -0.935. The summed E-state index contributed by atoms with van der Waals surface area (Å²) in [6, 6.07) is 6.76. The Bertz CT molecular complexity index is 695. The predicted octanol–water partition coefficient (Wildman–Crippen LogP) is 2.62. The number of carbonyl (C=O) groups is 2. The van der Waals surface area contributed by atoms with E-state index in [0.717, 1.165) is 21.8 Å². The summed E-state index contributed by atoms with van der Waals surface area (Å²) in [6.07, 6.45) is 1.25. The van der Waals surface area contributed by atoms with Crippen LogP contribution in [-0.2, 0) is 4.79 Å². The normalized spacial score (nSPS) is 18.6. The van der Waals surface area contributed by atoms with Gasteiger partial charge in [0.1, 0.15) is 11.7 Å². The number of likely N-dealkylation sites (tertiary alicyclic amines) is 1. The van der Waals surface area contributed by atoms with E-state index < -0.39 is 12.0 Å². The molecule has 0 spiro atoms. The van der Waals surface area contributed by atoms with E-state index >= 15 is 0 Å². The number of benzene rings is 1. The van der Waals surface area contributed by atoms with Gasteiger partial charge in [0, 0.05) is 21.9 Å². The third-order valence-electron chi connectivity index (χ3n) is 3.61. The van der Waals surface area contributed by atoms with Gasteiger partial charge in [-0.25, -0.2) is 4.79 Å². The summed E-state index contributed by atoms with van der Waals surface area (Å²) in [5.41, 5.74) is 1.29. The molecule has 0 bridgehead atoms. The molecular formula is C14H13BrN2O3. The van der Waals surface area contributed by atoms with Crippen LogP contribution in [0, 0.1) is 0 Å². The van der Waals surface area contributed by atoms with Crippen LogP contribution in [0.5, 0.6) is 0 Å². The van der Waals surface area contributed by atoms with Crippen molar-refractivity contribution >= 4 is 38.7 Å². The highest BCUT2D eigenvalue weighted by Gasteiger charge is 2.34. The Kier molecular flexibility index (Phi) is 3.25. The van der Waals surface area contributed by atoms with Crippen molar-refractivity contribution in [3.05, 3.63) is 34.4 Å². The lowest BCUT2D eigenvalue weighted by Gasteiger charge is -2.20. The molecular weight excluding hydrogens is 324 g/mol. The number of carbonyl (C=O) groups excluding carboxylic acids is 1. The first kappa shape index (κ1) is 13.2. The van der Waals surface area contributed by atoms with E-state index in [1.165, 1.54) is 4.90 Å². The average molecular weight is 337 g/mol. The highest BCUT2D eigenvalue weighted by molar-refractivity contribution is 9.10. The number of halogens is 1. The van der Waals surface area contributed by atoms with Crippen LogP contribution >= 0.6 is 15.9 Å². The molecule has 1 fully saturated rings. The molecule has 1 aliphatic rings. The fourth-order valence-electron chi connectivity index (χ4n) is 2.64. The zero-order valence-electron chi connectivity index (χ0n) is 10.6. The number of aliphatic carboxylic acids is 1. The van der Waals surface area contributed by atoms with Crippen molar-refractivity contribution in [1.82, 2.24) is 9.88 Å². The molecule has 0 unspecified atom stereocenters. The average Bonchev–Trinajstić information content (AvgIpc) is 3.03. The maximum Gasteiger partial charge on any atom is 0.326 e. The number of hydrogen-bond acceptors (Lipinski definition) is 2. The van der Waals surface area contributed by atoms with Gasteiger partial charge in [-0.3, -0.25) is 4.79 Å². The molecule has 1 aromatic carbocycles. The molecule has 0 aliphatic carbocycles. The van der Waals surface area contributed by atoms with Crippen molar-refractivity contribution in [2.24, 2.45) is 0 Å². The Morgan fingerprint density at radius 2 is 2.15 bits per heavy atom. The first-order valence-electron chi connectivity index (χ1n) is 6.38. The fraction of sp³-hybridized carbons (Fsp3) is 0.286. The van der Waals surface area contributed by atoms with Crippen LogP contribution in [0.3, 0.4) is 0 Å². The molecule has 2 aromatic rings. The Labute approximate surface area is 123 Å². The molecule has 104 valence electrons. The van der Waals surface area contributed by atoms with E-state index in [2.05, 4.69) is 20.9 Å². The van der Waals surface area contributed by atoms with Gasteiger partial charge in [0.05, 0.1) is 0 Å². The zero-order valence-corrected chi connectivity index (χ0v) is 12.2. The van der Waals surface area contributed by atoms with Gasteiger partial charge in [-0.05, 0) is 31.0 Å². The largest absolute Gasteiger partial charge is 0.480 e. The van der Waals surface area contributed by atoms with Gasteiger partial charge in [-0.2, -0.15) is 0 Å². The number of fused-ring (bicyclic) bond motifs is 1.